The van der Waals surface area contributed by atoms with E-state index in [1.165, 1.54) is 11.1 Å². The zero-order valence-electron chi connectivity index (χ0n) is 11.0. The fourth-order valence-corrected chi connectivity index (χ4v) is 2.79. The van der Waals surface area contributed by atoms with Crippen LogP contribution in [0.2, 0.25) is 0 Å². The predicted molar refractivity (Wildman–Crippen MR) is 79.1 cm³/mol. The maximum atomic E-state index is 3.68. The molecular formula is C17H20N2. The van der Waals surface area contributed by atoms with E-state index in [9.17, 15) is 0 Å². The maximum absolute atomic E-state index is 3.68. The number of hydrogen-bond acceptors (Lipinski definition) is 2. The van der Waals surface area contributed by atoms with Crippen LogP contribution >= 0.6 is 0 Å². The lowest BCUT2D eigenvalue weighted by molar-refractivity contribution is 0.503. The van der Waals surface area contributed by atoms with Gasteiger partial charge in [-0.1, -0.05) is 60.7 Å². The monoisotopic (exact) mass is 252 g/mol. The Hall–Kier alpha value is -1.64. The molecule has 3 rings (SSSR count). The van der Waals surface area contributed by atoms with Crippen LogP contribution in [0.5, 0.6) is 0 Å². The van der Waals surface area contributed by atoms with Crippen molar-refractivity contribution in [1.82, 2.24) is 10.6 Å². The van der Waals surface area contributed by atoms with Crippen molar-refractivity contribution in [1.29, 1.82) is 0 Å². The highest BCUT2D eigenvalue weighted by Crippen LogP contribution is 2.22. The number of rotatable bonds is 4. The van der Waals surface area contributed by atoms with Crippen LogP contribution in [0.15, 0.2) is 60.7 Å². The highest BCUT2D eigenvalue weighted by molar-refractivity contribution is 5.24. The third kappa shape index (κ3) is 3.03. The molecule has 0 saturated carbocycles. The van der Waals surface area contributed by atoms with E-state index < -0.39 is 0 Å². The average molecular weight is 252 g/mol. The molecule has 2 aromatic rings. The first-order valence-electron chi connectivity index (χ1n) is 6.96. The Morgan fingerprint density at radius 2 is 1.58 bits per heavy atom. The Balaban J connectivity index is 1.64. The molecular weight excluding hydrogens is 232 g/mol. The number of hydrogen-bond donors (Lipinski definition) is 2. The summed E-state index contributed by atoms with van der Waals surface area (Å²) in [6.07, 6.45) is 0. The molecule has 1 saturated heterocycles. The maximum Gasteiger partial charge on any atom is 0.0276 e. The minimum absolute atomic E-state index is 0.516. The summed E-state index contributed by atoms with van der Waals surface area (Å²) in [6.45, 7) is 3.05. The molecule has 0 radical (unpaired) electrons. The molecule has 0 spiro atoms. The van der Waals surface area contributed by atoms with Gasteiger partial charge < -0.3 is 10.6 Å². The van der Waals surface area contributed by atoms with E-state index in [1.807, 2.05) is 0 Å². The van der Waals surface area contributed by atoms with Crippen molar-refractivity contribution in [2.24, 2.45) is 0 Å². The zero-order chi connectivity index (χ0) is 12.9. The Morgan fingerprint density at radius 3 is 2.32 bits per heavy atom. The van der Waals surface area contributed by atoms with Gasteiger partial charge in [-0.15, -0.1) is 0 Å². The van der Waals surface area contributed by atoms with Gasteiger partial charge in [-0.25, -0.2) is 0 Å². The highest BCUT2D eigenvalue weighted by Gasteiger charge is 2.27. The van der Waals surface area contributed by atoms with Gasteiger partial charge in [-0.2, -0.15) is 0 Å². The molecule has 2 nitrogen and oxygen atoms in total. The van der Waals surface area contributed by atoms with Gasteiger partial charge in [0.05, 0.1) is 0 Å². The van der Waals surface area contributed by atoms with E-state index in [-0.39, 0.29) is 0 Å². The molecule has 1 aliphatic heterocycles. The van der Waals surface area contributed by atoms with Crippen LogP contribution < -0.4 is 10.6 Å². The highest BCUT2D eigenvalue weighted by atomic mass is 15.0. The summed E-state index contributed by atoms with van der Waals surface area (Å²) >= 11 is 0. The summed E-state index contributed by atoms with van der Waals surface area (Å²) in [4.78, 5) is 0. The van der Waals surface area contributed by atoms with Crippen LogP contribution in [0.4, 0.5) is 0 Å². The summed E-state index contributed by atoms with van der Waals surface area (Å²) in [5.41, 5.74) is 2.78. The first-order chi connectivity index (χ1) is 9.43. The molecule has 0 amide bonds. The molecule has 2 heteroatoms. The molecule has 1 aliphatic rings. The van der Waals surface area contributed by atoms with Crippen molar-refractivity contribution in [3.8, 4) is 0 Å². The standard InChI is InChI=1S/C17H20N2/c1-3-7-14(8-4-1)11-19-17-13-18-12-16(17)15-9-5-2-6-10-15/h1-10,16-19H,11-13H2/t16-,17+/m0/s1. The van der Waals surface area contributed by atoms with Gasteiger partial charge in [0.2, 0.25) is 0 Å². The minimum atomic E-state index is 0.516. The number of benzene rings is 2. The van der Waals surface area contributed by atoms with Gasteiger partial charge in [-0.05, 0) is 11.1 Å². The first-order valence-corrected chi connectivity index (χ1v) is 6.96. The lowest BCUT2D eigenvalue weighted by Crippen LogP contribution is -2.34. The molecule has 0 unspecified atom stereocenters. The predicted octanol–water partition coefficient (Wildman–Crippen LogP) is 2.53. The Bertz CT molecular complexity index is 495. The third-order valence-electron chi connectivity index (χ3n) is 3.85. The molecule has 2 aromatic carbocycles. The smallest absolute Gasteiger partial charge is 0.0276 e. The van der Waals surface area contributed by atoms with E-state index in [4.69, 9.17) is 0 Å². The summed E-state index contributed by atoms with van der Waals surface area (Å²) in [5, 5.41) is 7.18. The molecule has 98 valence electrons. The lowest BCUT2D eigenvalue weighted by atomic mass is 9.94. The van der Waals surface area contributed by atoms with Crippen molar-refractivity contribution in [3.05, 3.63) is 71.8 Å². The second kappa shape index (κ2) is 6.00. The summed E-state index contributed by atoms with van der Waals surface area (Å²) in [5.74, 6) is 0.574. The Labute approximate surface area is 114 Å². The SMILES string of the molecule is c1ccc(CN[C@@H]2CNC[C@H]2c2ccccc2)cc1. The van der Waals surface area contributed by atoms with Crippen LogP contribution in [0.3, 0.4) is 0 Å². The van der Waals surface area contributed by atoms with Gasteiger partial charge >= 0.3 is 0 Å². The van der Waals surface area contributed by atoms with Crippen LogP contribution in [0, 0.1) is 0 Å². The van der Waals surface area contributed by atoms with Crippen LogP contribution in [0.1, 0.15) is 17.0 Å². The van der Waals surface area contributed by atoms with E-state index in [2.05, 4.69) is 71.3 Å². The van der Waals surface area contributed by atoms with Crippen LogP contribution in [0.25, 0.3) is 0 Å². The van der Waals surface area contributed by atoms with E-state index in [1.54, 1.807) is 0 Å². The quantitative estimate of drug-likeness (QED) is 0.874. The van der Waals surface area contributed by atoms with Crippen molar-refractivity contribution in [3.63, 3.8) is 0 Å². The lowest BCUT2D eigenvalue weighted by Gasteiger charge is -2.20. The molecule has 0 aliphatic carbocycles. The molecule has 0 bridgehead atoms. The minimum Gasteiger partial charge on any atom is -0.314 e. The van der Waals surface area contributed by atoms with Crippen molar-refractivity contribution >= 4 is 0 Å². The summed E-state index contributed by atoms with van der Waals surface area (Å²) in [7, 11) is 0. The second-order valence-corrected chi connectivity index (χ2v) is 5.15. The van der Waals surface area contributed by atoms with Gasteiger partial charge in [0, 0.05) is 31.6 Å². The fraction of sp³-hybridized carbons (Fsp3) is 0.294. The third-order valence-corrected chi connectivity index (χ3v) is 3.85. The van der Waals surface area contributed by atoms with E-state index in [0.29, 0.717) is 12.0 Å². The Morgan fingerprint density at radius 1 is 0.895 bits per heavy atom. The fourth-order valence-electron chi connectivity index (χ4n) is 2.79. The molecule has 1 heterocycles. The van der Waals surface area contributed by atoms with Gasteiger partial charge in [0.1, 0.15) is 0 Å². The van der Waals surface area contributed by atoms with E-state index in [0.717, 1.165) is 19.6 Å². The molecule has 0 aromatic heterocycles. The van der Waals surface area contributed by atoms with Crippen LogP contribution in [-0.4, -0.2) is 19.1 Å². The normalized spacial score (nSPS) is 22.5. The largest absolute Gasteiger partial charge is 0.314 e. The Kier molecular flexibility index (Phi) is 3.92. The number of nitrogens with one attached hydrogen (secondary N) is 2. The first kappa shape index (κ1) is 12.4. The molecule has 19 heavy (non-hydrogen) atoms. The van der Waals surface area contributed by atoms with Crippen LogP contribution in [-0.2, 0) is 6.54 Å². The van der Waals surface area contributed by atoms with Gasteiger partial charge in [0.25, 0.3) is 0 Å². The van der Waals surface area contributed by atoms with Gasteiger partial charge in [-0.3, -0.25) is 0 Å². The topological polar surface area (TPSA) is 24.1 Å². The zero-order valence-corrected chi connectivity index (χ0v) is 11.0. The average Bonchev–Trinajstić information content (AvgIpc) is 2.95. The van der Waals surface area contributed by atoms with Crippen molar-refractivity contribution in [2.75, 3.05) is 13.1 Å². The molecule has 2 N–H and O–H groups in total. The summed E-state index contributed by atoms with van der Waals surface area (Å²) in [6, 6.07) is 21.9. The molecule has 1 fully saturated rings. The summed E-state index contributed by atoms with van der Waals surface area (Å²) < 4.78 is 0. The van der Waals surface area contributed by atoms with E-state index >= 15 is 0 Å². The van der Waals surface area contributed by atoms with Crippen molar-refractivity contribution in [2.45, 2.75) is 18.5 Å². The van der Waals surface area contributed by atoms with Gasteiger partial charge in [0.15, 0.2) is 0 Å². The van der Waals surface area contributed by atoms with Crippen molar-refractivity contribution < 1.29 is 0 Å². The second-order valence-electron chi connectivity index (χ2n) is 5.15. The molecule has 2 atom stereocenters.